The standard InChI is InChI=1S/C30H41N5O6.C25H33N5O4.ClH/c1-6-22-9-11-23(12-10-22)34-28(39)40-20-30(26(37)32-18-24-21(2)8-7-15-31-24)13-16-35(17-14-30)25(36)19-33-27(38)41-29(3,4)5;1-3-19-6-8-20(9-7-19)29-24(33)34-17-25(10-13-30(14-11-25)22(31)15-26)23(32)28-16-21-18(2)5-4-12-27-21;/h7-12,15H,6,13-14,16-20H2,1-5H3,(H,32,37)(H,33,38)(H,34,39);4-9,12H,3,10-11,13-17,26H2,1-2H3,(H,28,32)(H,29,33);1H. The largest absolute Gasteiger partial charge is 0.448 e. The molecule has 2 aliphatic heterocycles. The van der Waals surface area contributed by atoms with E-state index in [9.17, 15) is 33.6 Å². The average molecular weight is 1070 g/mol. The Morgan fingerprint density at radius 3 is 1.34 bits per heavy atom. The van der Waals surface area contributed by atoms with Gasteiger partial charge in [-0.15, -0.1) is 12.4 Å². The molecule has 412 valence electrons. The molecule has 0 radical (unpaired) electrons. The zero-order valence-corrected chi connectivity index (χ0v) is 45.6. The van der Waals surface area contributed by atoms with Crippen LogP contribution in [0, 0.1) is 24.7 Å². The van der Waals surface area contributed by atoms with Crippen LogP contribution in [-0.2, 0) is 59.3 Å². The van der Waals surface area contributed by atoms with Crippen molar-refractivity contribution in [3.8, 4) is 0 Å². The minimum Gasteiger partial charge on any atom is -0.448 e. The first-order chi connectivity index (χ1) is 35.8. The lowest BCUT2D eigenvalue weighted by atomic mass is 9.78. The highest BCUT2D eigenvalue weighted by Gasteiger charge is 2.45. The molecule has 2 aromatic heterocycles. The van der Waals surface area contributed by atoms with Gasteiger partial charge in [-0.05, 0) is 132 Å². The maximum atomic E-state index is 13.5. The summed E-state index contributed by atoms with van der Waals surface area (Å²) in [6, 6.07) is 22.5. The molecule has 4 aromatic rings. The Bertz CT molecular complexity index is 2580. The lowest BCUT2D eigenvalue weighted by Gasteiger charge is -2.40. The molecule has 6 rings (SSSR count). The number of anilines is 2. The third-order valence-electron chi connectivity index (χ3n) is 13.3. The Kier molecular flexibility index (Phi) is 23.4. The van der Waals surface area contributed by atoms with E-state index in [4.69, 9.17) is 19.9 Å². The average Bonchev–Trinajstić information content (AvgIpc) is 3.40. The molecule has 2 fully saturated rings. The van der Waals surface area contributed by atoms with Gasteiger partial charge in [0.1, 0.15) is 25.4 Å². The fourth-order valence-corrected chi connectivity index (χ4v) is 8.42. The highest BCUT2D eigenvalue weighted by molar-refractivity contribution is 5.88. The fourth-order valence-electron chi connectivity index (χ4n) is 8.42. The SMILES string of the molecule is CCc1ccc(NC(=O)OCC2(C(=O)NCc3ncccc3C)CCN(C(=O)CN)CC2)cc1.CCc1ccc(NC(=O)OCC2(C(=O)NCc3ncccc3C)CCN(C(=O)CNC(=O)OC(C)(C)C)CC2)cc1.Cl. The predicted molar refractivity (Wildman–Crippen MR) is 290 cm³/mol. The molecule has 0 saturated carbocycles. The molecule has 4 heterocycles. The number of hydrogen-bond donors (Lipinski definition) is 6. The van der Waals surface area contributed by atoms with Crippen LogP contribution >= 0.6 is 12.4 Å². The minimum atomic E-state index is -1.04. The summed E-state index contributed by atoms with van der Waals surface area (Å²) in [5.41, 5.74) is 9.79. The number of aromatic nitrogens is 2. The van der Waals surface area contributed by atoms with Gasteiger partial charge in [-0.3, -0.25) is 39.8 Å². The molecule has 0 aliphatic carbocycles. The number of amides is 7. The van der Waals surface area contributed by atoms with Gasteiger partial charge >= 0.3 is 18.3 Å². The lowest BCUT2D eigenvalue weighted by molar-refractivity contribution is -0.142. The van der Waals surface area contributed by atoms with Crippen LogP contribution in [0.4, 0.5) is 25.8 Å². The summed E-state index contributed by atoms with van der Waals surface area (Å²) in [5, 5.41) is 13.8. The molecule has 2 aliphatic rings. The maximum Gasteiger partial charge on any atom is 0.411 e. The number of benzene rings is 2. The van der Waals surface area contributed by atoms with E-state index in [2.05, 4.69) is 43.5 Å². The number of likely N-dealkylation sites (tertiary alicyclic amines) is 2. The van der Waals surface area contributed by atoms with Crippen LogP contribution < -0.4 is 32.3 Å². The number of nitrogens with one attached hydrogen (secondary N) is 5. The van der Waals surface area contributed by atoms with Gasteiger partial charge in [0.05, 0.1) is 41.9 Å². The summed E-state index contributed by atoms with van der Waals surface area (Å²) in [5.74, 6) is -0.949. The molecule has 0 spiro atoms. The van der Waals surface area contributed by atoms with Crippen molar-refractivity contribution in [3.63, 3.8) is 0 Å². The topological polar surface area (TPSA) is 266 Å². The first kappa shape index (κ1) is 61.2. The minimum absolute atomic E-state index is 0. The van der Waals surface area contributed by atoms with E-state index in [1.54, 1.807) is 55.1 Å². The molecule has 76 heavy (non-hydrogen) atoms. The molecular formula is C55H75ClN10O10. The Morgan fingerprint density at radius 1 is 0.592 bits per heavy atom. The molecule has 2 aromatic carbocycles. The Labute approximate surface area is 451 Å². The number of aryl methyl sites for hydroxylation is 4. The third kappa shape index (κ3) is 18.5. The molecule has 21 heteroatoms. The van der Waals surface area contributed by atoms with E-state index in [1.807, 2.05) is 81.4 Å². The van der Waals surface area contributed by atoms with Crippen LogP contribution in [-0.4, -0.2) is 120 Å². The summed E-state index contributed by atoms with van der Waals surface area (Å²) in [6.45, 7) is 14.4. The van der Waals surface area contributed by atoms with Gasteiger partial charge in [0.25, 0.3) is 0 Å². The summed E-state index contributed by atoms with van der Waals surface area (Å²) in [7, 11) is 0. The van der Waals surface area contributed by atoms with Crippen molar-refractivity contribution in [2.75, 3.05) is 63.1 Å². The van der Waals surface area contributed by atoms with Gasteiger partial charge in [0.2, 0.25) is 23.6 Å². The van der Waals surface area contributed by atoms with Crippen LogP contribution in [0.15, 0.2) is 85.2 Å². The quantitative estimate of drug-likeness (QED) is 0.0598. The van der Waals surface area contributed by atoms with Crippen molar-refractivity contribution in [1.82, 2.24) is 35.7 Å². The van der Waals surface area contributed by atoms with Crippen LogP contribution in [0.25, 0.3) is 0 Å². The third-order valence-corrected chi connectivity index (χ3v) is 13.3. The summed E-state index contributed by atoms with van der Waals surface area (Å²) in [4.78, 5) is 101. The number of pyridine rings is 2. The number of alkyl carbamates (subject to hydrolysis) is 1. The molecule has 0 atom stereocenters. The summed E-state index contributed by atoms with van der Waals surface area (Å²) < 4.78 is 16.3. The number of ether oxygens (including phenoxy) is 3. The normalized spacial score (nSPS) is 14.5. The molecule has 7 amide bonds. The second-order valence-electron chi connectivity index (χ2n) is 19.8. The van der Waals surface area contributed by atoms with Crippen LogP contribution in [0.1, 0.15) is 93.9 Å². The van der Waals surface area contributed by atoms with Gasteiger partial charge in [-0.2, -0.15) is 0 Å². The van der Waals surface area contributed by atoms with Gasteiger partial charge < -0.3 is 45.7 Å². The number of rotatable bonds is 17. The van der Waals surface area contributed by atoms with E-state index in [0.29, 0.717) is 37.3 Å². The highest BCUT2D eigenvalue weighted by atomic mass is 35.5. The van der Waals surface area contributed by atoms with E-state index in [1.165, 1.54) is 0 Å². The number of halogens is 1. The monoisotopic (exact) mass is 1070 g/mol. The van der Waals surface area contributed by atoms with Crippen molar-refractivity contribution in [3.05, 3.63) is 119 Å². The smallest absolute Gasteiger partial charge is 0.411 e. The van der Waals surface area contributed by atoms with Crippen LogP contribution in [0.3, 0.4) is 0 Å². The maximum absolute atomic E-state index is 13.5. The van der Waals surface area contributed by atoms with Crippen molar-refractivity contribution >= 4 is 65.7 Å². The Balaban J connectivity index is 0.000000330. The molecular weight excluding hydrogens is 996 g/mol. The van der Waals surface area contributed by atoms with E-state index in [-0.39, 0.29) is 101 Å². The number of carbonyl (C=O) groups is 7. The van der Waals surface area contributed by atoms with Crippen LogP contribution in [0.5, 0.6) is 0 Å². The van der Waals surface area contributed by atoms with Gasteiger partial charge in [0, 0.05) is 49.9 Å². The molecule has 0 bridgehead atoms. The molecule has 20 nitrogen and oxygen atoms in total. The number of nitrogens with zero attached hydrogens (tertiary/aromatic N) is 4. The Hall–Kier alpha value is -7.32. The van der Waals surface area contributed by atoms with Gasteiger partial charge in [-0.25, -0.2) is 14.4 Å². The number of nitrogens with two attached hydrogens (primary N) is 1. The summed E-state index contributed by atoms with van der Waals surface area (Å²) in [6.07, 6.45) is 4.45. The molecule has 0 unspecified atom stereocenters. The van der Waals surface area contributed by atoms with E-state index < -0.39 is 34.7 Å². The first-order valence-electron chi connectivity index (χ1n) is 25.4. The second-order valence-corrected chi connectivity index (χ2v) is 19.8. The molecule has 2 saturated heterocycles. The number of piperidine rings is 2. The summed E-state index contributed by atoms with van der Waals surface area (Å²) >= 11 is 0. The predicted octanol–water partition coefficient (Wildman–Crippen LogP) is 6.76. The van der Waals surface area contributed by atoms with Gasteiger partial charge in [-0.1, -0.05) is 50.2 Å². The second kappa shape index (κ2) is 29.1. The number of carbonyl (C=O) groups excluding carboxylic acids is 7. The van der Waals surface area contributed by atoms with Gasteiger partial charge in [0.15, 0.2) is 0 Å². The zero-order chi connectivity index (χ0) is 54.6. The molecule has 7 N–H and O–H groups in total. The number of hydrogen-bond acceptors (Lipinski definition) is 13. The van der Waals surface area contributed by atoms with Crippen molar-refractivity contribution in [1.29, 1.82) is 0 Å². The van der Waals surface area contributed by atoms with Crippen molar-refractivity contribution in [2.24, 2.45) is 16.6 Å². The zero-order valence-electron chi connectivity index (χ0n) is 44.8. The van der Waals surface area contributed by atoms with E-state index >= 15 is 0 Å². The van der Waals surface area contributed by atoms with Crippen molar-refractivity contribution < 1.29 is 47.8 Å². The highest BCUT2D eigenvalue weighted by Crippen LogP contribution is 2.34. The Morgan fingerprint density at radius 2 is 0.987 bits per heavy atom. The van der Waals surface area contributed by atoms with Crippen LogP contribution in [0.2, 0.25) is 0 Å². The van der Waals surface area contributed by atoms with Crippen molar-refractivity contribution in [2.45, 2.75) is 106 Å². The van der Waals surface area contributed by atoms with E-state index in [0.717, 1.165) is 46.5 Å². The first-order valence-corrected chi connectivity index (χ1v) is 25.4. The lowest BCUT2D eigenvalue weighted by Crippen LogP contribution is -2.54. The fraction of sp³-hybridized carbons (Fsp3) is 0.473.